The van der Waals surface area contributed by atoms with Crippen LogP contribution in [0.4, 0.5) is 10.5 Å². The van der Waals surface area contributed by atoms with Crippen molar-refractivity contribution < 1.29 is 18.7 Å². The number of anilines is 1. The lowest BCUT2D eigenvalue weighted by molar-refractivity contribution is 0.111. The maximum absolute atomic E-state index is 12.9. The van der Waals surface area contributed by atoms with Crippen LogP contribution in [0.3, 0.4) is 0 Å². The number of aryl methyl sites for hydroxylation is 1. The van der Waals surface area contributed by atoms with E-state index in [0.717, 1.165) is 0 Å². The number of aromatic nitrogens is 3. The van der Waals surface area contributed by atoms with Gasteiger partial charge in [-0.05, 0) is 26.0 Å². The molecule has 0 radical (unpaired) electrons. The van der Waals surface area contributed by atoms with Crippen molar-refractivity contribution in [2.75, 3.05) is 19.0 Å². The van der Waals surface area contributed by atoms with Crippen molar-refractivity contribution in [2.45, 2.75) is 45.4 Å². The molecular formula is C17H23N5O4. The molecule has 3 rings (SSSR count). The van der Waals surface area contributed by atoms with Gasteiger partial charge < -0.3 is 24.1 Å². The third kappa shape index (κ3) is 3.93. The number of carbonyl (C=O) groups excluding carboxylic acids is 1. The average Bonchev–Trinajstić information content (AvgIpc) is 3.22. The zero-order valence-corrected chi connectivity index (χ0v) is 15.3. The van der Waals surface area contributed by atoms with E-state index in [2.05, 4.69) is 20.5 Å². The van der Waals surface area contributed by atoms with Crippen molar-refractivity contribution in [1.82, 2.24) is 20.1 Å². The van der Waals surface area contributed by atoms with E-state index in [1.165, 1.54) is 0 Å². The molecule has 0 aromatic carbocycles. The highest BCUT2D eigenvalue weighted by molar-refractivity contribution is 5.91. The highest BCUT2D eigenvalue weighted by Gasteiger charge is 2.39. The molecule has 1 saturated heterocycles. The van der Waals surface area contributed by atoms with Gasteiger partial charge in [-0.25, -0.2) is 9.78 Å². The topological polar surface area (TPSA) is 103 Å². The Morgan fingerprint density at radius 3 is 2.88 bits per heavy atom. The summed E-state index contributed by atoms with van der Waals surface area (Å²) >= 11 is 0. The minimum Gasteiger partial charge on any atom is -0.473 e. The molecule has 3 heterocycles. The number of urea groups is 1. The molecule has 0 unspecified atom stereocenters. The van der Waals surface area contributed by atoms with Crippen molar-refractivity contribution in [3.8, 4) is 5.88 Å². The summed E-state index contributed by atoms with van der Waals surface area (Å²) in [5, 5.41) is 10.8. The first-order valence-electron chi connectivity index (χ1n) is 8.50. The second kappa shape index (κ2) is 7.69. The fourth-order valence-electron chi connectivity index (χ4n) is 2.86. The quantitative estimate of drug-likeness (QED) is 0.873. The summed E-state index contributed by atoms with van der Waals surface area (Å²) in [7, 11) is 1.62. The fraction of sp³-hybridized carbons (Fsp3) is 0.529. The second-order valence-electron chi connectivity index (χ2n) is 6.37. The van der Waals surface area contributed by atoms with Gasteiger partial charge in [0.2, 0.25) is 17.7 Å². The Bertz CT molecular complexity index is 763. The molecule has 0 aliphatic carbocycles. The lowest BCUT2D eigenvalue weighted by atomic mass is 10.2. The Balaban J connectivity index is 1.79. The molecule has 9 heteroatoms. The van der Waals surface area contributed by atoms with Crippen molar-refractivity contribution in [3.05, 3.63) is 30.1 Å². The largest absolute Gasteiger partial charge is 0.473 e. The number of pyridine rings is 1. The molecule has 1 N–H and O–H groups in total. The van der Waals surface area contributed by atoms with Gasteiger partial charge in [-0.1, -0.05) is 0 Å². The fourth-order valence-corrected chi connectivity index (χ4v) is 2.86. The number of hydrogen-bond acceptors (Lipinski definition) is 7. The SMILES string of the molecule is CO[C@H]1C[C@H](c2nnc(C)o2)N(C(=O)Nc2cccnc2OC(C)C)C1. The van der Waals surface area contributed by atoms with E-state index in [1.54, 1.807) is 37.3 Å². The van der Waals surface area contributed by atoms with E-state index < -0.39 is 0 Å². The van der Waals surface area contributed by atoms with E-state index in [0.29, 0.717) is 36.3 Å². The summed E-state index contributed by atoms with van der Waals surface area (Å²) in [6, 6.07) is 2.85. The highest BCUT2D eigenvalue weighted by Crippen LogP contribution is 2.33. The molecule has 0 saturated carbocycles. The van der Waals surface area contributed by atoms with Crippen molar-refractivity contribution in [2.24, 2.45) is 0 Å². The van der Waals surface area contributed by atoms with E-state index >= 15 is 0 Å². The minimum absolute atomic E-state index is 0.0562. The van der Waals surface area contributed by atoms with Crippen LogP contribution in [0.25, 0.3) is 0 Å². The van der Waals surface area contributed by atoms with Gasteiger partial charge in [-0.15, -0.1) is 10.2 Å². The Labute approximate surface area is 151 Å². The number of nitrogens with one attached hydrogen (secondary N) is 1. The second-order valence-corrected chi connectivity index (χ2v) is 6.37. The molecule has 0 spiro atoms. The number of rotatable bonds is 5. The molecule has 2 aromatic rings. The predicted molar refractivity (Wildman–Crippen MR) is 92.9 cm³/mol. The predicted octanol–water partition coefficient (Wildman–Crippen LogP) is 2.55. The lowest BCUT2D eigenvalue weighted by Gasteiger charge is -2.23. The van der Waals surface area contributed by atoms with Crippen LogP contribution in [0.5, 0.6) is 5.88 Å². The molecule has 1 fully saturated rings. The lowest BCUT2D eigenvalue weighted by Crippen LogP contribution is -2.36. The Morgan fingerprint density at radius 2 is 2.23 bits per heavy atom. The summed E-state index contributed by atoms with van der Waals surface area (Å²) in [6.07, 6.45) is 2.06. The molecule has 2 atom stereocenters. The summed E-state index contributed by atoms with van der Waals surface area (Å²) in [5.74, 6) is 1.24. The van der Waals surface area contributed by atoms with E-state index in [9.17, 15) is 4.79 Å². The highest BCUT2D eigenvalue weighted by atomic mass is 16.5. The number of hydrogen-bond donors (Lipinski definition) is 1. The number of nitrogens with zero attached hydrogens (tertiary/aromatic N) is 4. The maximum atomic E-state index is 12.9. The Morgan fingerprint density at radius 1 is 1.42 bits per heavy atom. The molecule has 1 aliphatic heterocycles. The maximum Gasteiger partial charge on any atom is 0.322 e. The average molecular weight is 361 g/mol. The van der Waals surface area contributed by atoms with Gasteiger partial charge in [0, 0.05) is 33.2 Å². The molecular weight excluding hydrogens is 338 g/mol. The first-order chi connectivity index (χ1) is 12.5. The van der Waals surface area contributed by atoms with Crippen LogP contribution in [0, 0.1) is 6.92 Å². The molecule has 1 aliphatic rings. The van der Waals surface area contributed by atoms with Crippen molar-refractivity contribution >= 4 is 11.7 Å². The first kappa shape index (κ1) is 18.1. The van der Waals surface area contributed by atoms with Crippen LogP contribution in [-0.4, -0.2) is 52.0 Å². The number of ether oxygens (including phenoxy) is 2. The third-order valence-electron chi connectivity index (χ3n) is 4.04. The van der Waals surface area contributed by atoms with Crippen LogP contribution in [0.1, 0.15) is 38.1 Å². The Kier molecular flexibility index (Phi) is 5.36. The van der Waals surface area contributed by atoms with E-state index in [-0.39, 0.29) is 24.3 Å². The van der Waals surface area contributed by atoms with Gasteiger partial charge >= 0.3 is 6.03 Å². The van der Waals surface area contributed by atoms with Gasteiger partial charge in [0.1, 0.15) is 11.7 Å². The number of carbonyl (C=O) groups is 1. The summed E-state index contributed by atoms with van der Waals surface area (Å²) < 4.78 is 16.6. The van der Waals surface area contributed by atoms with Crippen LogP contribution in [0.2, 0.25) is 0 Å². The Hall–Kier alpha value is -2.68. The minimum atomic E-state index is -0.340. The summed E-state index contributed by atoms with van der Waals surface area (Å²) in [5.41, 5.74) is 0.507. The third-order valence-corrected chi connectivity index (χ3v) is 4.04. The van der Waals surface area contributed by atoms with Crippen molar-refractivity contribution in [1.29, 1.82) is 0 Å². The van der Waals surface area contributed by atoms with Gasteiger partial charge in [0.25, 0.3) is 0 Å². The van der Waals surface area contributed by atoms with Crippen LogP contribution < -0.4 is 10.1 Å². The summed E-state index contributed by atoms with van der Waals surface area (Å²) in [6.45, 7) is 5.94. The number of amides is 2. The molecule has 9 nitrogen and oxygen atoms in total. The number of likely N-dealkylation sites (tertiary alicyclic amines) is 1. The standard InChI is InChI=1S/C17H23N5O4/c1-10(2)25-15-13(6-5-7-18-15)19-17(23)22-9-12(24-4)8-14(22)16-21-20-11(3)26-16/h5-7,10,12,14H,8-9H2,1-4H3,(H,19,23)/t12-,14+/m0/s1. The van der Waals surface area contributed by atoms with Crippen LogP contribution in [-0.2, 0) is 4.74 Å². The molecule has 26 heavy (non-hydrogen) atoms. The van der Waals surface area contributed by atoms with Crippen LogP contribution >= 0.6 is 0 Å². The smallest absolute Gasteiger partial charge is 0.322 e. The van der Waals surface area contributed by atoms with Gasteiger partial charge in [-0.2, -0.15) is 0 Å². The number of methoxy groups -OCH3 is 1. The molecule has 2 aromatic heterocycles. The monoisotopic (exact) mass is 361 g/mol. The first-order valence-corrected chi connectivity index (χ1v) is 8.50. The van der Waals surface area contributed by atoms with Crippen molar-refractivity contribution in [3.63, 3.8) is 0 Å². The summed E-state index contributed by atoms with van der Waals surface area (Å²) in [4.78, 5) is 18.7. The molecule has 140 valence electrons. The van der Waals surface area contributed by atoms with E-state index in [4.69, 9.17) is 13.9 Å². The zero-order valence-electron chi connectivity index (χ0n) is 15.3. The zero-order chi connectivity index (χ0) is 18.7. The normalized spacial score (nSPS) is 19.8. The molecule has 0 bridgehead atoms. The van der Waals surface area contributed by atoms with Gasteiger partial charge in [0.15, 0.2) is 0 Å². The van der Waals surface area contributed by atoms with Gasteiger partial charge in [0.05, 0.1) is 12.2 Å². The van der Waals surface area contributed by atoms with Crippen LogP contribution in [0.15, 0.2) is 22.7 Å². The van der Waals surface area contributed by atoms with E-state index in [1.807, 2.05) is 13.8 Å². The van der Waals surface area contributed by atoms with Gasteiger partial charge in [-0.3, -0.25) is 0 Å². The molecule has 2 amide bonds.